The quantitative estimate of drug-likeness (QED) is 0.274. The summed E-state index contributed by atoms with van der Waals surface area (Å²) in [4.78, 5) is 26.6. The zero-order chi connectivity index (χ0) is 22.8. The molecule has 2 aromatic carbocycles. The molecule has 3 aromatic rings. The Labute approximate surface area is 203 Å². The van der Waals surface area contributed by atoms with Crippen molar-refractivity contribution in [2.24, 2.45) is 0 Å². The number of thiocarbonyl (C=S) groups is 1. The molecule has 1 N–H and O–H groups in total. The third-order valence-electron chi connectivity index (χ3n) is 4.43. The summed E-state index contributed by atoms with van der Waals surface area (Å²) in [5, 5.41) is 3.80. The van der Waals surface area contributed by atoms with Gasteiger partial charge in [0, 0.05) is 11.1 Å². The van der Waals surface area contributed by atoms with Gasteiger partial charge >= 0.3 is 0 Å². The molecule has 1 aliphatic heterocycles. The SMILES string of the molecule is O=C1NC(=S)N(c2ccc(Cl)cc2)C(=O)/C1=C/c1ccc(COc2ccc(Cl)c(Cl)c2)o1. The second kappa shape index (κ2) is 9.34. The molecule has 0 unspecified atom stereocenters. The zero-order valence-corrected chi connectivity index (χ0v) is 19.2. The first kappa shape index (κ1) is 22.4. The van der Waals surface area contributed by atoms with Crippen molar-refractivity contribution < 1.29 is 18.7 Å². The Morgan fingerprint density at radius 2 is 1.75 bits per heavy atom. The molecule has 0 atom stereocenters. The van der Waals surface area contributed by atoms with Crippen LogP contribution in [0.3, 0.4) is 0 Å². The highest BCUT2D eigenvalue weighted by molar-refractivity contribution is 7.80. The van der Waals surface area contributed by atoms with E-state index in [1.807, 2.05) is 0 Å². The molecule has 162 valence electrons. The number of benzene rings is 2. The molecule has 0 saturated carbocycles. The second-order valence-corrected chi connectivity index (χ2v) is 8.24. The molecule has 2 amide bonds. The number of halogens is 3. The molecule has 2 heterocycles. The van der Waals surface area contributed by atoms with E-state index in [4.69, 9.17) is 56.2 Å². The van der Waals surface area contributed by atoms with Gasteiger partial charge in [-0.25, -0.2) is 0 Å². The van der Waals surface area contributed by atoms with E-state index in [0.717, 1.165) is 0 Å². The Morgan fingerprint density at radius 3 is 2.47 bits per heavy atom. The van der Waals surface area contributed by atoms with E-state index in [-0.39, 0.29) is 17.3 Å². The average molecular weight is 508 g/mol. The van der Waals surface area contributed by atoms with E-state index < -0.39 is 11.8 Å². The highest BCUT2D eigenvalue weighted by Crippen LogP contribution is 2.27. The third kappa shape index (κ3) is 4.81. The lowest BCUT2D eigenvalue weighted by molar-refractivity contribution is -0.122. The molecule has 1 fully saturated rings. The number of furan rings is 1. The van der Waals surface area contributed by atoms with E-state index >= 15 is 0 Å². The van der Waals surface area contributed by atoms with Crippen molar-refractivity contribution >= 4 is 75.7 Å². The van der Waals surface area contributed by atoms with Gasteiger partial charge in [0.05, 0.1) is 15.7 Å². The zero-order valence-electron chi connectivity index (χ0n) is 16.1. The standard InChI is InChI=1S/C22H13Cl3N2O4S/c23-12-1-3-13(4-2-12)27-21(29)17(20(28)26-22(27)32)9-15-5-6-16(31-15)11-30-14-7-8-18(24)19(25)10-14/h1-10H,11H2,(H,26,28,32)/b17-9+. The molecule has 1 saturated heterocycles. The molecule has 32 heavy (non-hydrogen) atoms. The van der Waals surface area contributed by atoms with Gasteiger partial charge in [-0.3, -0.25) is 19.8 Å². The first-order chi connectivity index (χ1) is 15.3. The molecule has 0 spiro atoms. The van der Waals surface area contributed by atoms with Crippen LogP contribution in [0.25, 0.3) is 6.08 Å². The maximum Gasteiger partial charge on any atom is 0.270 e. The van der Waals surface area contributed by atoms with Crippen molar-refractivity contribution in [1.29, 1.82) is 0 Å². The third-order valence-corrected chi connectivity index (χ3v) is 5.70. The Bertz CT molecular complexity index is 1250. The van der Waals surface area contributed by atoms with Crippen LogP contribution in [-0.2, 0) is 16.2 Å². The fourth-order valence-corrected chi connectivity index (χ4v) is 3.59. The van der Waals surface area contributed by atoms with Crippen LogP contribution in [0.1, 0.15) is 11.5 Å². The topological polar surface area (TPSA) is 71.8 Å². The van der Waals surface area contributed by atoms with Crippen molar-refractivity contribution in [3.63, 3.8) is 0 Å². The molecule has 0 radical (unpaired) electrons. The number of hydrogen-bond donors (Lipinski definition) is 1. The van der Waals surface area contributed by atoms with Gasteiger partial charge in [-0.2, -0.15) is 0 Å². The van der Waals surface area contributed by atoms with Gasteiger partial charge in [-0.15, -0.1) is 0 Å². The van der Waals surface area contributed by atoms with Gasteiger partial charge in [-0.1, -0.05) is 34.8 Å². The summed E-state index contributed by atoms with van der Waals surface area (Å²) in [7, 11) is 0. The van der Waals surface area contributed by atoms with E-state index in [9.17, 15) is 9.59 Å². The van der Waals surface area contributed by atoms with Crippen molar-refractivity contribution in [3.8, 4) is 5.75 Å². The predicted molar refractivity (Wildman–Crippen MR) is 127 cm³/mol. The molecule has 0 bridgehead atoms. The summed E-state index contributed by atoms with van der Waals surface area (Å²) in [6.07, 6.45) is 1.35. The number of nitrogens with one attached hydrogen (secondary N) is 1. The van der Waals surface area contributed by atoms with Crippen molar-refractivity contribution in [1.82, 2.24) is 5.32 Å². The van der Waals surface area contributed by atoms with E-state index in [1.165, 1.54) is 11.0 Å². The fraction of sp³-hybridized carbons (Fsp3) is 0.0455. The van der Waals surface area contributed by atoms with Gasteiger partial charge in [0.15, 0.2) is 5.11 Å². The Kier molecular flexibility index (Phi) is 6.53. The summed E-state index contributed by atoms with van der Waals surface area (Å²) < 4.78 is 11.3. The Balaban J connectivity index is 1.52. The van der Waals surface area contributed by atoms with E-state index in [1.54, 1.807) is 54.6 Å². The van der Waals surface area contributed by atoms with E-state index in [2.05, 4.69) is 5.32 Å². The Hall–Kier alpha value is -2.84. The smallest absolute Gasteiger partial charge is 0.270 e. The first-order valence-corrected chi connectivity index (χ1v) is 10.7. The minimum atomic E-state index is -0.616. The average Bonchev–Trinajstić information content (AvgIpc) is 3.21. The molecular formula is C22H13Cl3N2O4S. The Morgan fingerprint density at radius 1 is 1.00 bits per heavy atom. The number of hydrogen-bond acceptors (Lipinski definition) is 5. The van der Waals surface area contributed by atoms with Gasteiger partial charge in [0.25, 0.3) is 11.8 Å². The molecule has 0 aliphatic carbocycles. The van der Waals surface area contributed by atoms with Crippen LogP contribution in [0.2, 0.25) is 15.1 Å². The van der Waals surface area contributed by atoms with Crippen molar-refractivity contribution in [2.75, 3.05) is 4.90 Å². The summed E-state index contributed by atoms with van der Waals surface area (Å²) in [6.45, 7) is 0.113. The van der Waals surface area contributed by atoms with Crippen LogP contribution in [-0.4, -0.2) is 16.9 Å². The molecule has 1 aliphatic rings. The minimum Gasteiger partial charge on any atom is -0.486 e. The number of nitrogens with zero attached hydrogens (tertiary/aromatic N) is 1. The lowest BCUT2D eigenvalue weighted by atomic mass is 10.1. The molecule has 4 rings (SSSR count). The van der Waals surface area contributed by atoms with Crippen molar-refractivity contribution in [2.45, 2.75) is 6.61 Å². The van der Waals surface area contributed by atoms with E-state index in [0.29, 0.717) is 38.0 Å². The summed E-state index contributed by atoms with van der Waals surface area (Å²) >= 11 is 23.0. The number of amides is 2. The molecular weight excluding hydrogens is 495 g/mol. The number of carbonyl (C=O) groups is 2. The van der Waals surface area contributed by atoms with Crippen molar-refractivity contribution in [3.05, 3.63) is 86.8 Å². The number of anilines is 1. The van der Waals surface area contributed by atoms with Crippen LogP contribution in [0, 0.1) is 0 Å². The van der Waals surface area contributed by atoms with Gasteiger partial charge < -0.3 is 9.15 Å². The monoisotopic (exact) mass is 506 g/mol. The minimum absolute atomic E-state index is 0.0189. The maximum absolute atomic E-state index is 13.0. The van der Waals surface area contributed by atoms with Gasteiger partial charge in [-0.05, 0) is 66.8 Å². The van der Waals surface area contributed by atoms with Crippen LogP contribution in [0.5, 0.6) is 5.75 Å². The number of carbonyl (C=O) groups excluding carboxylic acids is 2. The first-order valence-electron chi connectivity index (χ1n) is 9.15. The number of rotatable bonds is 5. The number of ether oxygens (including phenoxy) is 1. The van der Waals surface area contributed by atoms with Crippen LogP contribution >= 0.6 is 47.0 Å². The summed E-state index contributed by atoms with van der Waals surface area (Å²) in [5.41, 5.74) is 0.352. The van der Waals surface area contributed by atoms with Crippen LogP contribution < -0.4 is 15.0 Å². The van der Waals surface area contributed by atoms with Crippen LogP contribution in [0.4, 0.5) is 5.69 Å². The lowest BCUT2D eigenvalue weighted by Gasteiger charge is -2.28. The van der Waals surface area contributed by atoms with Gasteiger partial charge in [0.1, 0.15) is 29.4 Å². The molecule has 6 nitrogen and oxygen atoms in total. The molecule has 1 aromatic heterocycles. The maximum atomic E-state index is 13.0. The fourth-order valence-electron chi connectivity index (χ4n) is 2.90. The second-order valence-electron chi connectivity index (χ2n) is 6.60. The van der Waals surface area contributed by atoms with Crippen LogP contribution in [0.15, 0.2) is 64.6 Å². The summed E-state index contributed by atoms with van der Waals surface area (Å²) in [5.74, 6) is 0.114. The predicted octanol–water partition coefficient (Wildman–Crippen LogP) is 5.65. The molecule has 10 heteroatoms. The lowest BCUT2D eigenvalue weighted by Crippen LogP contribution is -2.54. The largest absolute Gasteiger partial charge is 0.486 e. The van der Waals surface area contributed by atoms with Gasteiger partial charge in [0.2, 0.25) is 0 Å². The normalized spacial score (nSPS) is 15.3. The summed E-state index contributed by atoms with van der Waals surface area (Å²) in [6, 6.07) is 14.7. The highest BCUT2D eigenvalue weighted by Gasteiger charge is 2.34. The highest BCUT2D eigenvalue weighted by atomic mass is 35.5.